The van der Waals surface area contributed by atoms with Crippen LogP contribution in [0.4, 0.5) is 4.79 Å². The van der Waals surface area contributed by atoms with Crippen LogP contribution in [-0.2, 0) is 101 Å². The van der Waals surface area contributed by atoms with E-state index >= 15 is 16.8 Å². The van der Waals surface area contributed by atoms with Gasteiger partial charge in [0.05, 0.1) is 101 Å². The Kier molecular flexibility index (Phi) is 41.7. The van der Waals surface area contributed by atoms with E-state index in [4.69, 9.17) is 80.5 Å². The van der Waals surface area contributed by atoms with Crippen molar-refractivity contribution < 1.29 is 299 Å². The molecule has 28 unspecified atom stereocenters. The van der Waals surface area contributed by atoms with Gasteiger partial charge in [0.15, 0.2) is 49.9 Å². The molecule has 664 valence electrons. The van der Waals surface area contributed by atoms with Crippen LogP contribution in [0.2, 0.25) is 0 Å². The molecule has 10 heterocycles. The molecule has 0 amide bonds. The summed E-state index contributed by atoms with van der Waals surface area (Å²) in [6.45, 7) is 38.2. The zero-order chi connectivity index (χ0) is 83.1. The number of benzene rings is 2. The molecule has 10 aliphatic heterocycles. The van der Waals surface area contributed by atoms with Crippen molar-refractivity contribution in [3.8, 4) is 0 Å². The van der Waals surface area contributed by atoms with Gasteiger partial charge in [-0.05, 0) is 138 Å². The second-order valence-electron chi connectivity index (χ2n) is 34.9. The van der Waals surface area contributed by atoms with E-state index in [0.717, 1.165) is 0 Å². The van der Waals surface area contributed by atoms with Crippen molar-refractivity contribution in [2.45, 2.75) is 383 Å². The molecule has 34 heteroatoms. The van der Waals surface area contributed by atoms with Crippen molar-refractivity contribution in [2.75, 3.05) is 0 Å². The maximum absolute atomic E-state index is 15.5. The molecule has 12 rings (SSSR count). The average Bonchev–Trinajstić information content (AvgIpc) is 1.74. The van der Waals surface area contributed by atoms with Crippen molar-refractivity contribution in [1.82, 2.24) is 9.44 Å². The Hall–Kier alpha value is 2.12. The molecule has 10 aliphatic rings. The van der Waals surface area contributed by atoms with E-state index in [-0.39, 0.29) is 302 Å². The Morgan fingerprint density at radius 3 is 1.11 bits per heavy atom. The van der Waals surface area contributed by atoms with Gasteiger partial charge in [0.1, 0.15) is 54.9 Å². The number of nitrogens with one attached hydrogen (secondary N) is 2. The molecular weight excluding hydrogens is 2440 g/mol. The quantitative estimate of drug-likeness (QED) is 0.0431. The number of rotatable bonds is 28. The molecule has 0 aromatic heterocycles. The summed E-state index contributed by atoms with van der Waals surface area (Å²) < 4.78 is 184. The molecule has 0 spiro atoms. The minimum Gasteiger partial charge on any atom is -0.496 e. The molecule has 9 saturated heterocycles. The minimum atomic E-state index is -4.57. The van der Waals surface area contributed by atoms with Gasteiger partial charge in [0.2, 0.25) is 20.0 Å². The van der Waals surface area contributed by atoms with Crippen LogP contribution in [0.1, 0.15) is 183 Å². The van der Waals surface area contributed by atoms with Crippen LogP contribution in [0.25, 0.3) is 0 Å². The van der Waals surface area contributed by atoms with Crippen LogP contribution in [0.3, 0.4) is 0 Å². The third kappa shape index (κ3) is 23.7. The predicted molar refractivity (Wildman–Crippen MR) is 419 cm³/mol. The van der Waals surface area contributed by atoms with Gasteiger partial charge in [0, 0.05) is 212 Å². The summed E-state index contributed by atoms with van der Waals surface area (Å²) in [4.78, 5) is 13.2. The standard InChI is InChI=1S/C85H134N2O26S2.4Ac/c1-20-57-55(72(107-79-47(14)41(8)44(11)50(17)98-79)65(86-114(93,94)53-32-28-26-29-33-53)83(103-57)111-77-68(89)60(23-4)105-84(70(77)91)106-71-40(7)36-37-97-61(71)24-5)38-63-69(90)76(67(88)59(22-3)101-63)110-82-66(87-115(95,96)54-34-30-27-31-35-54)73(108-80-48(15)42(9)45(12)51(18)99-80)56(58(21-2)104-82)39-64-75(78-74(62(25-6)102-64)112-85(92)113-78)109-81-49(16)43(10)46(13)52(19)100-81;;;;/h26-37,40-52,55-84,86-91H,20-25,38-39H2,1-19H3;;;;/t40?,41?,42?,43?,44-,45-,46?,47?,48?,49?,50?,51?,52+,55-,56-,57?,58?,59?,60?,61?,62?,63-,64-,65?,66?,67-,68-,69?,70?,71+,72?,73?,74-,75?,76?,77?,78?,79?,80?,81-,82-,83-,84-;;;;/m0..../s1. The fourth-order valence-electron chi connectivity index (χ4n) is 19.4. The summed E-state index contributed by atoms with van der Waals surface area (Å²) in [5.41, 5.74) is 0. The van der Waals surface area contributed by atoms with Gasteiger partial charge < -0.3 is 101 Å². The molecule has 0 bridgehead atoms. The molecule has 28 nitrogen and oxygen atoms in total. The number of aliphatic hydroxyl groups excluding tert-OH is 4. The van der Waals surface area contributed by atoms with Crippen molar-refractivity contribution in [3.63, 3.8) is 0 Å². The second kappa shape index (κ2) is 46.7. The van der Waals surface area contributed by atoms with E-state index in [1.807, 2.05) is 89.2 Å². The number of hydrogen-bond acceptors (Lipinski definition) is 26. The van der Waals surface area contributed by atoms with E-state index in [1.54, 1.807) is 42.7 Å². The number of carbonyl (C=O) groups is 1. The number of sulfonamides is 2. The third-order valence-electron chi connectivity index (χ3n) is 28.2. The van der Waals surface area contributed by atoms with Gasteiger partial charge in [-0.2, -0.15) is 0 Å². The molecule has 9 fully saturated rings. The van der Waals surface area contributed by atoms with Crippen LogP contribution < -0.4 is 9.44 Å². The Bertz CT molecular complexity index is 3720. The summed E-state index contributed by atoms with van der Waals surface area (Å²) in [5.74, 6) is -2.00. The van der Waals surface area contributed by atoms with Crippen LogP contribution >= 0.6 is 0 Å². The number of fused-ring (bicyclic) bond motifs is 1. The van der Waals surface area contributed by atoms with Gasteiger partial charge in [-0.15, -0.1) is 0 Å². The largest absolute Gasteiger partial charge is 0.509 e. The molecule has 6 N–H and O–H groups in total. The number of carbonyl (C=O) groups excluding carboxylic acids is 1. The fourth-order valence-corrected chi connectivity index (χ4v) is 21.9. The summed E-state index contributed by atoms with van der Waals surface area (Å²) in [5, 5.41) is 51.5. The smallest absolute Gasteiger partial charge is 0.496 e. The van der Waals surface area contributed by atoms with Crippen LogP contribution in [0.15, 0.2) is 82.8 Å². The Morgan fingerprint density at radius 2 is 0.689 bits per heavy atom. The van der Waals surface area contributed by atoms with Crippen molar-refractivity contribution in [1.29, 1.82) is 0 Å². The zero-order valence-corrected chi connectivity index (χ0v) is 93.4. The van der Waals surface area contributed by atoms with Gasteiger partial charge in [-0.3, -0.25) is 0 Å². The van der Waals surface area contributed by atoms with Crippen molar-refractivity contribution in [2.24, 2.45) is 71.0 Å². The zero-order valence-electron chi connectivity index (χ0n) is 72.8. The topological polar surface area (TPSA) is 347 Å². The van der Waals surface area contributed by atoms with E-state index in [1.165, 1.54) is 24.3 Å². The first-order valence-electron chi connectivity index (χ1n) is 42.9. The number of aliphatic hydroxyl groups is 4. The summed E-state index contributed by atoms with van der Waals surface area (Å²) in [6.07, 6.45) is -26.4. The first-order valence-corrected chi connectivity index (χ1v) is 45.9. The number of ether oxygens (including phenoxy) is 17. The molecular formula is C85H134Ac4N2O26S2. The van der Waals surface area contributed by atoms with E-state index in [0.29, 0.717) is 12.8 Å². The van der Waals surface area contributed by atoms with Crippen LogP contribution in [0, 0.1) is 247 Å². The number of hydrogen-bond donors (Lipinski definition) is 6. The normalized spacial score (nSPS) is 45.7. The first-order chi connectivity index (χ1) is 54.7. The van der Waals surface area contributed by atoms with Crippen LogP contribution in [-0.4, -0.2) is 234 Å². The second-order valence-corrected chi connectivity index (χ2v) is 38.4. The Balaban J connectivity index is 0.00000441. The van der Waals surface area contributed by atoms with Crippen LogP contribution in [0.5, 0.6) is 0 Å². The Labute approximate surface area is 849 Å². The Morgan fingerprint density at radius 1 is 0.345 bits per heavy atom. The molecule has 2 aromatic rings. The van der Waals surface area contributed by atoms with Gasteiger partial charge >= 0.3 is 6.16 Å². The van der Waals surface area contributed by atoms with Gasteiger partial charge in [0.25, 0.3) is 0 Å². The van der Waals surface area contributed by atoms with Gasteiger partial charge in [-0.25, -0.2) is 31.1 Å². The summed E-state index contributed by atoms with van der Waals surface area (Å²) >= 11 is 0. The first kappa shape index (κ1) is 106. The minimum absolute atomic E-state index is 0. The SMILES string of the molecule is CCC1O[C@@H](O[C@@H]2C(C)C=COC2CC)C(O)C(O[C@@H]2OC(CC)[C@H](C[C@@H]3OC(CC)[C@H](O)C(O[C@@H]4OC(CC)[C@H](C[C@@H]5OC(CC)[C@@H]6OC(=O)OC6C5O[C@@H]5O[C@H](C)C(C)C(C)C5C)C(OC5OC(C)[C@@H](C)C(C)C5C)C4NS(=O)(=O)c4ccccc4)C3O)C(OC3OC(C)[C@@H](C)C(C)C3C)C2NS(=O)(=O)c2ccccc2)[C@H]1O.[Ac].[Ac].[Ac].[Ac]. The van der Waals surface area contributed by atoms with Crippen molar-refractivity contribution in [3.05, 3.63) is 73.0 Å². The predicted octanol–water partition coefficient (Wildman–Crippen LogP) is 10.0. The fraction of sp³-hybridized carbons (Fsp3) is 0.824. The van der Waals surface area contributed by atoms with E-state index in [2.05, 4.69) is 57.9 Å². The van der Waals surface area contributed by atoms with Crippen molar-refractivity contribution >= 4 is 26.2 Å². The van der Waals surface area contributed by atoms with Gasteiger partial charge in [-0.1, -0.05) is 147 Å². The third-order valence-corrected chi connectivity index (χ3v) is 31.2. The molecule has 0 aliphatic carbocycles. The summed E-state index contributed by atoms with van der Waals surface area (Å²) in [7, 11) is -9.14. The van der Waals surface area contributed by atoms with E-state index in [9.17, 15) is 25.2 Å². The maximum atomic E-state index is 15.5. The molecule has 0 saturated carbocycles. The molecule has 119 heavy (non-hydrogen) atoms. The molecule has 4 radical (unpaired) electrons. The molecule has 2 aromatic carbocycles. The maximum Gasteiger partial charge on any atom is 0.509 e. The molecule has 43 atom stereocenters. The average molecular weight is 2570 g/mol. The monoisotopic (exact) mass is 2570 g/mol. The van der Waals surface area contributed by atoms with E-state index < -0.39 is 210 Å². The summed E-state index contributed by atoms with van der Waals surface area (Å²) in [6, 6.07) is 12.6.